The first-order valence-corrected chi connectivity index (χ1v) is 5.73. The van der Waals surface area contributed by atoms with Crippen LogP contribution in [0.15, 0.2) is 16.7 Å². The van der Waals surface area contributed by atoms with Crippen LogP contribution in [0.1, 0.15) is 24.2 Å². The van der Waals surface area contributed by atoms with E-state index in [1.54, 1.807) is 0 Å². The van der Waals surface area contributed by atoms with E-state index in [4.69, 9.17) is 0 Å². The molecule has 0 unspecified atom stereocenters. The van der Waals surface area contributed by atoms with E-state index in [2.05, 4.69) is 25.7 Å². The molecule has 0 aliphatic carbocycles. The number of anilines is 1. The van der Waals surface area contributed by atoms with Crippen molar-refractivity contribution in [1.82, 2.24) is 4.98 Å². The summed E-state index contributed by atoms with van der Waals surface area (Å²) in [5.41, 5.74) is 0.222. The Morgan fingerprint density at radius 3 is 2.22 bits per heavy atom. The monoisotopic (exact) mass is 314 g/mol. The number of nitrogens with zero attached hydrogens (tertiary/aromatic N) is 2. The average molecular weight is 315 g/mol. The molecule has 6 nitrogen and oxygen atoms in total. The molecule has 1 aromatic rings. The number of carbonyl (C=O) groups excluding carboxylic acids is 3. The summed E-state index contributed by atoms with van der Waals surface area (Å²) in [7, 11) is 1.25. The maximum Gasteiger partial charge on any atom is 0.339 e. The van der Waals surface area contributed by atoms with Gasteiger partial charge in [-0.3, -0.25) is 9.59 Å². The van der Waals surface area contributed by atoms with Crippen LogP contribution in [0.2, 0.25) is 0 Å². The van der Waals surface area contributed by atoms with Gasteiger partial charge in [0.25, 0.3) is 0 Å². The van der Waals surface area contributed by atoms with E-state index in [9.17, 15) is 14.4 Å². The van der Waals surface area contributed by atoms with E-state index < -0.39 is 17.8 Å². The summed E-state index contributed by atoms with van der Waals surface area (Å²) in [6, 6.07) is 1.44. The average Bonchev–Trinajstić information content (AvgIpc) is 2.29. The molecule has 0 saturated heterocycles. The molecule has 0 aromatic carbocycles. The quantitative estimate of drug-likeness (QED) is 0.774. The Morgan fingerprint density at radius 1 is 1.28 bits per heavy atom. The summed E-state index contributed by atoms with van der Waals surface area (Å²) in [6.07, 6.45) is 1.24. The minimum Gasteiger partial charge on any atom is -0.465 e. The summed E-state index contributed by atoms with van der Waals surface area (Å²) in [4.78, 5) is 38.8. The molecule has 0 atom stereocenters. The highest BCUT2D eigenvalue weighted by Crippen LogP contribution is 2.25. The van der Waals surface area contributed by atoms with Crippen molar-refractivity contribution in [1.29, 1.82) is 0 Å². The lowest BCUT2D eigenvalue weighted by molar-refractivity contribution is -0.124. The second-order valence-electron chi connectivity index (χ2n) is 3.39. The van der Waals surface area contributed by atoms with Gasteiger partial charge in [-0.25, -0.2) is 14.7 Å². The minimum atomic E-state index is -0.549. The lowest BCUT2D eigenvalue weighted by atomic mass is 10.3. The Bertz CT molecular complexity index is 502. The van der Waals surface area contributed by atoms with Gasteiger partial charge in [0, 0.05) is 20.0 Å². The number of pyridine rings is 1. The standard InChI is InChI=1S/C11H11BrN2O4/c1-6(15)14(7(2)16)10-9(12)4-8(5-13-10)11(17)18-3/h4-5H,1-3H3. The van der Waals surface area contributed by atoms with Crippen LogP contribution >= 0.6 is 15.9 Å². The number of esters is 1. The van der Waals surface area contributed by atoms with Crippen LogP contribution in [-0.4, -0.2) is 29.9 Å². The van der Waals surface area contributed by atoms with Gasteiger partial charge in [-0.2, -0.15) is 0 Å². The fraction of sp³-hybridized carbons (Fsp3) is 0.273. The molecule has 1 heterocycles. The molecule has 0 spiro atoms. The number of rotatable bonds is 2. The number of hydrogen-bond donors (Lipinski definition) is 0. The van der Waals surface area contributed by atoms with Gasteiger partial charge in [0.15, 0.2) is 5.82 Å². The third-order valence-corrected chi connectivity index (χ3v) is 2.67. The lowest BCUT2D eigenvalue weighted by Crippen LogP contribution is -2.34. The van der Waals surface area contributed by atoms with Crippen LogP contribution in [-0.2, 0) is 14.3 Å². The van der Waals surface area contributed by atoms with Crippen LogP contribution in [0.4, 0.5) is 5.82 Å². The third-order valence-electron chi connectivity index (χ3n) is 2.08. The molecule has 0 aliphatic heterocycles. The second-order valence-corrected chi connectivity index (χ2v) is 4.25. The molecule has 0 radical (unpaired) electrons. The van der Waals surface area contributed by atoms with Crippen molar-refractivity contribution in [2.75, 3.05) is 12.0 Å². The first-order chi connectivity index (χ1) is 8.38. The Labute approximate surface area is 112 Å². The van der Waals surface area contributed by atoms with Crippen LogP contribution in [0.5, 0.6) is 0 Å². The zero-order chi connectivity index (χ0) is 13.9. The maximum atomic E-state index is 11.4. The minimum absolute atomic E-state index is 0.141. The smallest absolute Gasteiger partial charge is 0.339 e. The normalized spacial score (nSPS) is 9.78. The Balaban J connectivity index is 3.23. The summed E-state index contributed by atoms with van der Waals surface area (Å²) in [5.74, 6) is -1.32. The molecule has 0 bridgehead atoms. The van der Waals surface area contributed by atoms with Crippen molar-refractivity contribution >= 4 is 39.5 Å². The molecule has 0 N–H and O–H groups in total. The zero-order valence-electron chi connectivity index (χ0n) is 10.1. The third kappa shape index (κ3) is 2.92. The van der Waals surface area contributed by atoms with Crippen LogP contribution in [0, 0.1) is 0 Å². The summed E-state index contributed by atoms with van der Waals surface area (Å²) < 4.78 is 4.90. The van der Waals surface area contributed by atoms with Gasteiger partial charge in [-0.15, -0.1) is 0 Å². The van der Waals surface area contributed by atoms with Crippen molar-refractivity contribution in [3.8, 4) is 0 Å². The highest BCUT2D eigenvalue weighted by Gasteiger charge is 2.21. The van der Waals surface area contributed by atoms with Gasteiger partial charge in [0.05, 0.1) is 17.1 Å². The number of imide groups is 1. The van der Waals surface area contributed by atoms with E-state index >= 15 is 0 Å². The number of amides is 2. The van der Waals surface area contributed by atoms with E-state index in [-0.39, 0.29) is 11.4 Å². The van der Waals surface area contributed by atoms with E-state index in [0.29, 0.717) is 4.47 Å². The molecule has 96 valence electrons. The maximum absolute atomic E-state index is 11.4. The van der Waals surface area contributed by atoms with Gasteiger partial charge < -0.3 is 4.74 Å². The molecule has 2 amide bonds. The van der Waals surface area contributed by atoms with E-state index in [0.717, 1.165) is 4.90 Å². The predicted molar refractivity (Wildman–Crippen MR) is 67.1 cm³/mol. The van der Waals surface area contributed by atoms with Crippen molar-refractivity contribution in [2.24, 2.45) is 0 Å². The SMILES string of the molecule is COC(=O)c1cnc(N(C(C)=O)C(C)=O)c(Br)c1. The topological polar surface area (TPSA) is 76.6 Å². The van der Waals surface area contributed by atoms with Gasteiger partial charge in [-0.1, -0.05) is 0 Å². The van der Waals surface area contributed by atoms with Crippen LogP contribution in [0.25, 0.3) is 0 Å². The number of hydrogen-bond acceptors (Lipinski definition) is 5. The van der Waals surface area contributed by atoms with E-state index in [1.807, 2.05) is 0 Å². The van der Waals surface area contributed by atoms with Crippen LogP contribution in [0.3, 0.4) is 0 Å². The van der Waals surface area contributed by atoms with Crippen molar-refractivity contribution in [2.45, 2.75) is 13.8 Å². The molecule has 7 heteroatoms. The molecule has 0 fully saturated rings. The number of methoxy groups -OCH3 is 1. The predicted octanol–water partition coefficient (Wildman–Crippen LogP) is 1.53. The Kier molecular flexibility index (Phi) is 4.55. The summed E-state index contributed by atoms with van der Waals surface area (Å²) in [5, 5.41) is 0. The number of halogens is 1. The first-order valence-electron chi connectivity index (χ1n) is 4.93. The highest BCUT2D eigenvalue weighted by molar-refractivity contribution is 9.10. The van der Waals surface area contributed by atoms with E-state index in [1.165, 1.54) is 33.2 Å². The van der Waals surface area contributed by atoms with Gasteiger partial charge >= 0.3 is 5.97 Å². The molecule has 1 rings (SSSR count). The number of aromatic nitrogens is 1. The first kappa shape index (κ1) is 14.3. The van der Waals surface area contributed by atoms with Gasteiger partial charge in [-0.05, 0) is 22.0 Å². The summed E-state index contributed by atoms with van der Waals surface area (Å²) >= 11 is 3.17. The highest BCUT2D eigenvalue weighted by atomic mass is 79.9. The molecular weight excluding hydrogens is 304 g/mol. The van der Waals surface area contributed by atoms with Gasteiger partial charge in [0.2, 0.25) is 11.8 Å². The van der Waals surface area contributed by atoms with Gasteiger partial charge in [0.1, 0.15) is 0 Å². The summed E-state index contributed by atoms with van der Waals surface area (Å²) in [6.45, 7) is 2.51. The fourth-order valence-corrected chi connectivity index (χ4v) is 1.87. The fourth-order valence-electron chi connectivity index (χ4n) is 1.34. The van der Waals surface area contributed by atoms with Crippen LogP contribution < -0.4 is 4.90 Å². The zero-order valence-corrected chi connectivity index (χ0v) is 11.6. The molecule has 0 saturated carbocycles. The Morgan fingerprint density at radius 2 is 1.83 bits per heavy atom. The molecular formula is C11H11BrN2O4. The second kappa shape index (κ2) is 5.72. The Hall–Kier alpha value is -1.76. The van der Waals surface area contributed by atoms with Crippen molar-refractivity contribution in [3.63, 3.8) is 0 Å². The lowest BCUT2D eigenvalue weighted by Gasteiger charge is -2.17. The van der Waals surface area contributed by atoms with Crippen molar-refractivity contribution < 1.29 is 19.1 Å². The molecule has 1 aromatic heterocycles. The largest absolute Gasteiger partial charge is 0.465 e. The number of ether oxygens (including phenoxy) is 1. The molecule has 18 heavy (non-hydrogen) atoms. The molecule has 0 aliphatic rings. The van der Waals surface area contributed by atoms with Crippen molar-refractivity contribution in [3.05, 3.63) is 22.3 Å². The number of carbonyl (C=O) groups is 3.